The van der Waals surface area contributed by atoms with E-state index in [1.165, 1.54) is 16.9 Å². The summed E-state index contributed by atoms with van der Waals surface area (Å²) in [7, 11) is 0. The fourth-order valence-corrected chi connectivity index (χ4v) is 5.21. The number of aryl methyl sites for hydroxylation is 2. The third kappa shape index (κ3) is 4.57. The second kappa shape index (κ2) is 9.08. The largest absolute Gasteiger partial charge is 0.295 e. The van der Waals surface area contributed by atoms with Crippen LogP contribution in [0.15, 0.2) is 65.4 Å². The molecule has 0 aliphatic carbocycles. The van der Waals surface area contributed by atoms with Crippen molar-refractivity contribution in [2.24, 2.45) is 0 Å². The first kappa shape index (κ1) is 21.3. The summed E-state index contributed by atoms with van der Waals surface area (Å²) < 4.78 is 2.09. The second-order valence-corrected chi connectivity index (χ2v) is 9.18. The molecule has 4 rings (SSSR count). The summed E-state index contributed by atoms with van der Waals surface area (Å²) in [4.78, 5) is 23.4. The lowest BCUT2D eigenvalue weighted by Gasteiger charge is -2.21. The lowest BCUT2D eigenvalue weighted by molar-refractivity contribution is -0.115. The zero-order valence-corrected chi connectivity index (χ0v) is 19.6. The molecule has 0 saturated heterocycles. The number of carbonyl (C=O) groups excluding carboxylic acids is 1. The van der Waals surface area contributed by atoms with Gasteiger partial charge in [0.15, 0.2) is 10.3 Å². The molecule has 0 bridgehead atoms. The van der Waals surface area contributed by atoms with Crippen molar-refractivity contribution in [2.75, 3.05) is 4.90 Å². The molecular formula is C24H24N4OS2. The molecule has 0 aliphatic heterocycles. The first-order valence-electron chi connectivity index (χ1n) is 9.98. The third-order valence-electron chi connectivity index (χ3n) is 5.10. The van der Waals surface area contributed by atoms with Gasteiger partial charge in [0.25, 0.3) is 0 Å². The van der Waals surface area contributed by atoms with Gasteiger partial charge in [-0.15, -0.1) is 11.3 Å². The molecule has 1 amide bonds. The minimum Gasteiger partial charge on any atom is -0.295 e. The number of rotatable bonds is 6. The number of benzene rings is 2. The molecule has 2 aromatic heterocycles. The van der Waals surface area contributed by atoms with Crippen molar-refractivity contribution in [2.45, 2.75) is 38.6 Å². The molecule has 5 nitrogen and oxygen atoms in total. The van der Waals surface area contributed by atoms with E-state index >= 15 is 0 Å². The lowest BCUT2D eigenvalue weighted by atomic mass is 10.1. The van der Waals surface area contributed by atoms with Crippen molar-refractivity contribution < 1.29 is 4.79 Å². The van der Waals surface area contributed by atoms with Crippen molar-refractivity contribution in [1.29, 1.82) is 0 Å². The number of aromatic nitrogens is 3. The van der Waals surface area contributed by atoms with Gasteiger partial charge in [0.1, 0.15) is 0 Å². The van der Waals surface area contributed by atoms with Crippen LogP contribution in [0.5, 0.6) is 0 Å². The van der Waals surface area contributed by atoms with E-state index in [1.54, 1.807) is 23.6 Å². The Morgan fingerprint density at radius 3 is 2.74 bits per heavy atom. The number of nitrogens with zero attached hydrogens (tertiary/aromatic N) is 4. The predicted octanol–water partition coefficient (Wildman–Crippen LogP) is 6.23. The van der Waals surface area contributed by atoms with Crippen LogP contribution in [0, 0.1) is 20.8 Å². The van der Waals surface area contributed by atoms with Gasteiger partial charge in [-0.2, -0.15) is 0 Å². The number of thioether (sulfide) groups is 1. The van der Waals surface area contributed by atoms with Crippen molar-refractivity contribution >= 4 is 39.8 Å². The minimum absolute atomic E-state index is 0.0442. The molecule has 0 unspecified atom stereocenters. The Balaban J connectivity index is 1.54. The SMILES string of the molecule is CC(=O)N(c1nc(CSc2nccn2-c2cccc(C)c2)cs1)c1cccc(C)c1C. The van der Waals surface area contributed by atoms with E-state index in [2.05, 4.69) is 53.7 Å². The standard InChI is InChI=1S/C24H24N4OS2/c1-16-7-5-9-21(13-16)27-12-11-25-23(27)30-14-20-15-31-24(26-20)28(19(4)29)22-10-6-8-17(2)18(22)3/h5-13,15H,14H2,1-4H3. The molecule has 4 aromatic rings. The van der Waals surface area contributed by atoms with Crippen molar-refractivity contribution in [3.63, 3.8) is 0 Å². The third-order valence-corrected chi connectivity index (χ3v) is 6.97. The van der Waals surface area contributed by atoms with Gasteiger partial charge in [-0.25, -0.2) is 9.97 Å². The summed E-state index contributed by atoms with van der Waals surface area (Å²) in [5, 5.41) is 3.63. The number of carbonyl (C=O) groups is 1. The van der Waals surface area contributed by atoms with Crippen LogP contribution in [0.3, 0.4) is 0 Å². The van der Waals surface area contributed by atoms with E-state index in [4.69, 9.17) is 4.98 Å². The molecule has 0 spiro atoms. The topological polar surface area (TPSA) is 51.0 Å². The van der Waals surface area contributed by atoms with E-state index in [1.807, 2.05) is 36.8 Å². The highest BCUT2D eigenvalue weighted by Gasteiger charge is 2.20. The molecule has 0 aliphatic rings. The summed E-state index contributed by atoms with van der Waals surface area (Å²) in [5.41, 5.74) is 6.36. The van der Waals surface area contributed by atoms with Crippen molar-refractivity contribution in [3.05, 3.63) is 82.6 Å². The van der Waals surface area contributed by atoms with Crippen LogP contribution in [0.25, 0.3) is 5.69 Å². The average molecular weight is 449 g/mol. The summed E-state index contributed by atoms with van der Waals surface area (Å²) in [6.45, 7) is 7.75. The minimum atomic E-state index is -0.0442. The molecule has 158 valence electrons. The van der Waals surface area contributed by atoms with E-state index < -0.39 is 0 Å². The van der Waals surface area contributed by atoms with Gasteiger partial charge in [0.05, 0.1) is 11.4 Å². The first-order valence-corrected chi connectivity index (χ1v) is 11.8. The zero-order valence-electron chi connectivity index (χ0n) is 18.0. The zero-order chi connectivity index (χ0) is 22.0. The van der Waals surface area contributed by atoms with E-state index in [-0.39, 0.29) is 5.91 Å². The lowest BCUT2D eigenvalue weighted by Crippen LogP contribution is -2.23. The Morgan fingerprint density at radius 1 is 1.16 bits per heavy atom. The molecular weight excluding hydrogens is 424 g/mol. The van der Waals surface area contributed by atoms with Crippen LogP contribution >= 0.6 is 23.1 Å². The highest BCUT2D eigenvalue weighted by atomic mass is 32.2. The number of hydrogen-bond acceptors (Lipinski definition) is 5. The van der Waals surface area contributed by atoms with Gasteiger partial charge in [0, 0.05) is 36.1 Å². The Hall–Kier alpha value is -2.90. The van der Waals surface area contributed by atoms with Gasteiger partial charge in [-0.3, -0.25) is 14.3 Å². The number of imidazole rings is 1. The van der Waals surface area contributed by atoms with Crippen LogP contribution in [-0.2, 0) is 10.5 Å². The fraction of sp³-hybridized carbons (Fsp3) is 0.208. The first-order chi connectivity index (χ1) is 14.9. The Morgan fingerprint density at radius 2 is 1.97 bits per heavy atom. The van der Waals surface area contributed by atoms with Crippen LogP contribution < -0.4 is 4.90 Å². The molecule has 0 radical (unpaired) electrons. The highest BCUT2D eigenvalue weighted by molar-refractivity contribution is 7.98. The average Bonchev–Trinajstić information content (AvgIpc) is 3.39. The summed E-state index contributed by atoms with van der Waals surface area (Å²) in [6.07, 6.45) is 3.79. The number of thiazole rings is 1. The summed E-state index contributed by atoms with van der Waals surface area (Å²) in [6, 6.07) is 14.4. The maximum Gasteiger partial charge on any atom is 0.230 e. The summed E-state index contributed by atoms with van der Waals surface area (Å²) in [5.74, 6) is 0.634. The smallest absolute Gasteiger partial charge is 0.230 e. The van der Waals surface area contributed by atoms with Crippen LogP contribution in [0.2, 0.25) is 0 Å². The maximum atomic E-state index is 12.5. The Kier molecular flexibility index (Phi) is 6.25. The van der Waals surface area contributed by atoms with Crippen molar-refractivity contribution in [1.82, 2.24) is 14.5 Å². The summed E-state index contributed by atoms with van der Waals surface area (Å²) >= 11 is 3.12. The normalized spacial score (nSPS) is 11.0. The molecule has 31 heavy (non-hydrogen) atoms. The van der Waals surface area contributed by atoms with Crippen LogP contribution in [-0.4, -0.2) is 20.4 Å². The monoisotopic (exact) mass is 448 g/mol. The molecule has 0 N–H and O–H groups in total. The van der Waals surface area contributed by atoms with Gasteiger partial charge < -0.3 is 0 Å². The number of amides is 1. The van der Waals surface area contributed by atoms with Crippen LogP contribution in [0.1, 0.15) is 29.3 Å². The second-order valence-electron chi connectivity index (χ2n) is 7.40. The van der Waals surface area contributed by atoms with Gasteiger partial charge >= 0.3 is 0 Å². The molecule has 0 atom stereocenters. The van der Waals surface area contributed by atoms with Crippen LogP contribution in [0.4, 0.5) is 10.8 Å². The number of anilines is 2. The molecule has 7 heteroatoms. The molecule has 0 fully saturated rings. The van der Waals surface area contributed by atoms with Crippen molar-refractivity contribution in [3.8, 4) is 5.69 Å². The Labute approximate surface area is 190 Å². The van der Waals surface area contributed by atoms with Gasteiger partial charge in [0.2, 0.25) is 5.91 Å². The Bertz CT molecular complexity index is 1230. The molecule has 0 saturated carbocycles. The molecule has 2 aromatic carbocycles. The quantitative estimate of drug-likeness (QED) is 0.328. The van der Waals surface area contributed by atoms with E-state index in [0.29, 0.717) is 10.9 Å². The van der Waals surface area contributed by atoms with Gasteiger partial charge in [-0.1, -0.05) is 36.0 Å². The van der Waals surface area contributed by atoms with E-state index in [9.17, 15) is 4.79 Å². The predicted molar refractivity (Wildman–Crippen MR) is 129 cm³/mol. The van der Waals surface area contributed by atoms with E-state index in [0.717, 1.165) is 33.4 Å². The highest BCUT2D eigenvalue weighted by Crippen LogP contribution is 2.34. The fourth-order valence-electron chi connectivity index (χ4n) is 3.36. The molecule has 2 heterocycles. The number of hydrogen-bond donors (Lipinski definition) is 0. The van der Waals surface area contributed by atoms with Gasteiger partial charge in [-0.05, 0) is 55.7 Å². The maximum absolute atomic E-state index is 12.5.